The molecule has 0 bridgehead atoms. The van der Waals surface area contributed by atoms with E-state index in [4.69, 9.17) is 0 Å². The Labute approximate surface area is 104 Å². The molecule has 0 aliphatic rings. The molecule has 0 rings (SSSR count). The van der Waals surface area contributed by atoms with Crippen molar-refractivity contribution in [2.75, 3.05) is 0 Å². The van der Waals surface area contributed by atoms with Gasteiger partial charge in [-0.3, -0.25) is 0 Å². The molecule has 0 saturated carbocycles. The second kappa shape index (κ2) is 11.8. The molecule has 0 unspecified atom stereocenters. The Morgan fingerprint density at radius 1 is 1.14 bits per heavy atom. The van der Waals surface area contributed by atoms with Gasteiger partial charge in [0.1, 0.15) is 0 Å². The Bertz CT molecular complexity index is 23.7. The predicted molar refractivity (Wildman–Crippen MR) is 27.5 cm³/mol. The molecule has 0 aliphatic heterocycles. The van der Waals surface area contributed by atoms with Crippen molar-refractivity contribution in [1.82, 2.24) is 0 Å². The van der Waals surface area contributed by atoms with Gasteiger partial charge in [0.2, 0.25) is 0 Å². The molecule has 7 heavy (non-hydrogen) atoms. The SMILES string of the molecule is C[CH-][Sn]([CH3])[CH3].[Y].[Y]. The van der Waals surface area contributed by atoms with Crippen LogP contribution in [0.5, 0.6) is 0 Å². The van der Waals surface area contributed by atoms with Crippen LogP contribution in [0.2, 0.25) is 9.88 Å². The van der Waals surface area contributed by atoms with Gasteiger partial charge in [0.15, 0.2) is 0 Å². The van der Waals surface area contributed by atoms with E-state index in [-0.39, 0.29) is 65.4 Å². The molecule has 0 heterocycles. The minimum absolute atomic E-state index is 0. The molecule has 0 fully saturated rings. The zero-order valence-electron chi connectivity index (χ0n) is 5.23. The van der Waals surface area contributed by atoms with Crippen molar-refractivity contribution in [3.63, 3.8) is 0 Å². The van der Waals surface area contributed by atoms with Gasteiger partial charge < -0.3 is 0 Å². The van der Waals surface area contributed by atoms with Crippen LogP contribution in [0.25, 0.3) is 0 Å². The van der Waals surface area contributed by atoms with E-state index in [0.717, 1.165) is 0 Å². The van der Waals surface area contributed by atoms with E-state index in [1.807, 2.05) is 0 Å². The molecular weight excluding hydrogens is 345 g/mol. The van der Waals surface area contributed by atoms with Crippen LogP contribution in [0, 0.1) is 4.44 Å². The molecule has 0 N–H and O–H groups in total. The van der Waals surface area contributed by atoms with E-state index in [9.17, 15) is 0 Å². The molecule has 3 heteroatoms. The third kappa shape index (κ3) is 17.6. The van der Waals surface area contributed by atoms with Crippen molar-refractivity contribution in [1.29, 1.82) is 0 Å². The Hall–Kier alpha value is 3.01. The number of hydrogen-bond donors (Lipinski definition) is 0. The van der Waals surface area contributed by atoms with Gasteiger partial charge >= 0.3 is 41.0 Å². The fourth-order valence-electron chi connectivity index (χ4n) is 0. The van der Waals surface area contributed by atoms with Crippen LogP contribution in [-0.4, -0.2) is 19.8 Å². The Morgan fingerprint density at radius 2 is 1.29 bits per heavy atom. The molecule has 0 atom stereocenters. The monoisotopic (exact) mass is 356 g/mol. The Balaban J connectivity index is -0.0000000800. The third-order valence-electron chi connectivity index (χ3n) is 0.577. The first-order valence-electron chi connectivity index (χ1n) is 1.87. The summed E-state index contributed by atoms with van der Waals surface area (Å²) in [5.74, 6) is 0. The van der Waals surface area contributed by atoms with Crippen molar-refractivity contribution in [3.05, 3.63) is 4.44 Å². The van der Waals surface area contributed by atoms with Crippen LogP contribution < -0.4 is 0 Å². The zero-order chi connectivity index (χ0) is 4.28. The van der Waals surface area contributed by atoms with Crippen LogP contribution in [-0.2, 0) is 65.4 Å². The van der Waals surface area contributed by atoms with Crippen molar-refractivity contribution in [2.45, 2.75) is 16.8 Å². The van der Waals surface area contributed by atoms with Crippen molar-refractivity contribution in [2.24, 2.45) is 0 Å². The van der Waals surface area contributed by atoms with E-state index in [1.54, 1.807) is 0 Å². The van der Waals surface area contributed by atoms with E-state index < -0.39 is 19.8 Å². The average Bonchev–Trinajstić information content (AvgIpc) is 1.38. The van der Waals surface area contributed by atoms with E-state index >= 15 is 0 Å². The smallest absolute Gasteiger partial charge is 0 e. The second-order valence-corrected chi connectivity index (χ2v) is 9.16. The zero-order valence-corrected chi connectivity index (χ0v) is 13.8. The maximum atomic E-state index is 2.36. The van der Waals surface area contributed by atoms with Crippen molar-refractivity contribution in [3.8, 4) is 0 Å². The van der Waals surface area contributed by atoms with Crippen LogP contribution in [0.1, 0.15) is 6.92 Å². The standard InChI is InChI=1S/C2H4.2CH3.Sn.2Y/c1-2;;;;;/h1H,2H3;2*1H3;;;/q-1;;;;;. The molecule has 37 valence electrons. The topological polar surface area (TPSA) is 0 Å². The molecule has 0 nitrogen and oxygen atoms in total. The molecule has 0 aromatic heterocycles. The summed E-state index contributed by atoms with van der Waals surface area (Å²) < 4.78 is 2.36. The Morgan fingerprint density at radius 3 is 1.29 bits per heavy atom. The summed E-state index contributed by atoms with van der Waals surface area (Å²) in [5, 5.41) is 0. The maximum Gasteiger partial charge on any atom is 0 e. The minimum Gasteiger partial charge on any atom is 0 e. The number of rotatable bonds is 1. The van der Waals surface area contributed by atoms with Crippen molar-refractivity contribution >= 4 is 19.8 Å². The Kier molecular flexibility index (Phi) is 27.8. The molecule has 0 amide bonds. The summed E-state index contributed by atoms with van der Waals surface area (Å²) >= 11 is -0.705. The molecule has 0 spiro atoms. The average molecular weight is 355 g/mol. The van der Waals surface area contributed by atoms with Crippen LogP contribution in [0.15, 0.2) is 0 Å². The predicted octanol–water partition coefficient (Wildman–Crippen LogP) is 1.50. The van der Waals surface area contributed by atoms with Gasteiger partial charge in [-0.15, -0.1) is 0 Å². The van der Waals surface area contributed by atoms with Gasteiger partial charge in [0.25, 0.3) is 0 Å². The molecule has 0 aromatic carbocycles. The first kappa shape index (κ1) is 16.5. The van der Waals surface area contributed by atoms with E-state index in [0.29, 0.717) is 0 Å². The molecule has 0 saturated heterocycles. The van der Waals surface area contributed by atoms with Gasteiger partial charge in [0, 0.05) is 65.4 Å². The van der Waals surface area contributed by atoms with Gasteiger partial charge in [0.05, 0.1) is 0 Å². The molecule has 0 aromatic rings. The van der Waals surface area contributed by atoms with Gasteiger partial charge in [-0.2, -0.15) is 0 Å². The maximum absolute atomic E-state index is 2.36. The van der Waals surface area contributed by atoms with Gasteiger partial charge in [-0.25, -0.2) is 0 Å². The quantitative estimate of drug-likeness (QED) is 0.494. The summed E-state index contributed by atoms with van der Waals surface area (Å²) in [6.07, 6.45) is 0. The van der Waals surface area contributed by atoms with Gasteiger partial charge in [-0.1, -0.05) is 0 Å². The summed E-state index contributed by atoms with van der Waals surface area (Å²) in [7, 11) is 0. The van der Waals surface area contributed by atoms with Gasteiger partial charge in [-0.05, 0) is 0 Å². The third-order valence-corrected chi connectivity index (χ3v) is 3.87. The fraction of sp³-hybridized carbons (Fsp3) is 0.750. The van der Waals surface area contributed by atoms with E-state index in [2.05, 4.69) is 21.2 Å². The van der Waals surface area contributed by atoms with E-state index in [1.165, 1.54) is 0 Å². The summed E-state index contributed by atoms with van der Waals surface area (Å²) in [5.41, 5.74) is 0. The summed E-state index contributed by atoms with van der Waals surface area (Å²) in [4.78, 5) is 4.73. The minimum atomic E-state index is -0.705. The first-order chi connectivity index (χ1) is 2.27. The molecule has 3 radical (unpaired) electrons. The van der Waals surface area contributed by atoms with Crippen molar-refractivity contribution < 1.29 is 65.4 Å². The summed E-state index contributed by atoms with van der Waals surface area (Å²) in [6, 6.07) is 0. The first-order valence-corrected chi connectivity index (χ1v) is 9.22. The molecule has 0 aliphatic carbocycles. The normalized spacial score (nSPS) is 6.86. The van der Waals surface area contributed by atoms with Crippen LogP contribution in [0.4, 0.5) is 0 Å². The molecular formula is C4H10SnY2-. The summed E-state index contributed by atoms with van der Waals surface area (Å²) in [6.45, 7) is 2.16. The van der Waals surface area contributed by atoms with Crippen LogP contribution in [0.3, 0.4) is 0 Å². The van der Waals surface area contributed by atoms with Crippen LogP contribution >= 0.6 is 0 Å². The largest absolute Gasteiger partial charge is 0 e. The second-order valence-electron chi connectivity index (χ2n) is 1.37. The number of hydrogen-bond acceptors (Lipinski definition) is 0. The fourth-order valence-corrected chi connectivity index (χ4v) is 0.